The van der Waals surface area contributed by atoms with Gasteiger partial charge in [0.1, 0.15) is 11.3 Å². The summed E-state index contributed by atoms with van der Waals surface area (Å²) in [6, 6.07) is 15.3. The fourth-order valence-electron chi connectivity index (χ4n) is 2.22. The number of carbonyl (C=O) groups excluding carboxylic acids is 1. The van der Waals surface area contributed by atoms with Crippen molar-refractivity contribution >= 4 is 32.7 Å². The van der Waals surface area contributed by atoms with Gasteiger partial charge in [0.2, 0.25) is 5.78 Å². The van der Waals surface area contributed by atoms with Crippen LogP contribution in [0.1, 0.15) is 17.3 Å². The number of hydrogen-bond acceptors (Lipinski definition) is 4. The van der Waals surface area contributed by atoms with Crippen LogP contribution in [-0.4, -0.2) is 11.9 Å². The number of ether oxygens (including phenoxy) is 1. The van der Waals surface area contributed by atoms with Gasteiger partial charge in [0.15, 0.2) is 6.10 Å². The molecule has 0 unspecified atom stereocenters. The first kappa shape index (κ1) is 15.5. The molecule has 0 saturated carbocycles. The third-order valence-corrected chi connectivity index (χ3v) is 3.93. The van der Waals surface area contributed by atoms with E-state index in [1.165, 1.54) is 6.07 Å². The van der Waals surface area contributed by atoms with Crippen LogP contribution in [-0.2, 0) is 0 Å². The van der Waals surface area contributed by atoms with Crippen molar-refractivity contribution in [2.45, 2.75) is 13.0 Å². The molecule has 23 heavy (non-hydrogen) atoms. The van der Waals surface area contributed by atoms with Crippen LogP contribution in [0.15, 0.2) is 68.3 Å². The minimum atomic E-state index is -0.649. The average Bonchev–Trinajstić information content (AvgIpc) is 2.54. The fraction of sp³-hybridized carbons (Fsp3) is 0.111. The molecule has 0 N–H and O–H groups in total. The molecule has 0 radical (unpaired) electrons. The van der Waals surface area contributed by atoms with Crippen LogP contribution in [0.3, 0.4) is 0 Å². The number of Topliss-reactive ketones (excluding diaryl/α,β-unsaturated/α-hetero) is 1. The van der Waals surface area contributed by atoms with Gasteiger partial charge in [-0.25, -0.2) is 4.79 Å². The van der Waals surface area contributed by atoms with E-state index < -0.39 is 11.7 Å². The van der Waals surface area contributed by atoms with E-state index in [1.807, 2.05) is 12.1 Å². The highest BCUT2D eigenvalue weighted by molar-refractivity contribution is 9.10. The predicted molar refractivity (Wildman–Crippen MR) is 91.0 cm³/mol. The Morgan fingerprint density at radius 3 is 2.52 bits per heavy atom. The van der Waals surface area contributed by atoms with E-state index in [2.05, 4.69) is 15.9 Å². The lowest BCUT2D eigenvalue weighted by atomic mass is 10.1. The minimum absolute atomic E-state index is 0.118. The number of halogens is 1. The van der Waals surface area contributed by atoms with Gasteiger partial charge in [0.05, 0.1) is 0 Å². The zero-order valence-corrected chi connectivity index (χ0v) is 13.9. The highest BCUT2D eigenvalue weighted by atomic mass is 79.9. The average molecular weight is 373 g/mol. The Labute approximate surface area is 140 Å². The van der Waals surface area contributed by atoms with Gasteiger partial charge in [-0.2, -0.15) is 0 Å². The van der Waals surface area contributed by atoms with Crippen LogP contribution in [0, 0.1) is 0 Å². The molecule has 1 atom stereocenters. The summed E-state index contributed by atoms with van der Waals surface area (Å²) in [6.07, 6.45) is -0.649. The summed E-state index contributed by atoms with van der Waals surface area (Å²) < 4.78 is 11.7. The fourth-order valence-corrected chi connectivity index (χ4v) is 2.49. The molecular formula is C18H13BrO4. The monoisotopic (exact) mass is 372 g/mol. The number of rotatable bonds is 4. The zero-order valence-electron chi connectivity index (χ0n) is 12.3. The van der Waals surface area contributed by atoms with E-state index in [1.54, 1.807) is 43.3 Å². The summed E-state index contributed by atoms with van der Waals surface area (Å²) in [4.78, 5) is 23.6. The van der Waals surface area contributed by atoms with E-state index in [0.717, 1.165) is 9.86 Å². The molecule has 0 bridgehead atoms. The van der Waals surface area contributed by atoms with Gasteiger partial charge >= 0.3 is 5.63 Å². The second kappa shape index (κ2) is 6.38. The van der Waals surface area contributed by atoms with Gasteiger partial charge in [0, 0.05) is 27.6 Å². The number of hydrogen-bond donors (Lipinski definition) is 0. The Kier molecular flexibility index (Phi) is 4.30. The van der Waals surface area contributed by atoms with Crippen LogP contribution in [0.25, 0.3) is 11.0 Å². The summed E-state index contributed by atoms with van der Waals surface area (Å²) in [5, 5.41) is 0.795. The molecule has 4 nitrogen and oxygen atoms in total. The Morgan fingerprint density at radius 1 is 1.09 bits per heavy atom. The molecule has 0 spiro atoms. The number of ketones is 1. The SMILES string of the molecule is C[C@H](Oc1ccc2ccc(=O)oc2c1)C(=O)c1ccc(Br)cc1. The van der Waals surface area contributed by atoms with Crippen molar-refractivity contribution < 1.29 is 13.9 Å². The third kappa shape index (κ3) is 3.51. The maximum absolute atomic E-state index is 12.4. The van der Waals surface area contributed by atoms with Crippen molar-refractivity contribution in [2.24, 2.45) is 0 Å². The molecule has 3 aromatic rings. The van der Waals surface area contributed by atoms with Gasteiger partial charge < -0.3 is 9.15 Å². The number of benzene rings is 2. The maximum Gasteiger partial charge on any atom is 0.336 e. The predicted octanol–water partition coefficient (Wildman–Crippen LogP) is 4.21. The molecule has 2 aromatic carbocycles. The van der Waals surface area contributed by atoms with Crippen molar-refractivity contribution in [1.29, 1.82) is 0 Å². The zero-order chi connectivity index (χ0) is 16.4. The standard InChI is InChI=1S/C18H13BrO4/c1-11(18(21)13-2-6-14(19)7-3-13)22-15-8-4-12-5-9-17(20)23-16(12)10-15/h2-11H,1H3/t11-/m0/s1. The topological polar surface area (TPSA) is 56.5 Å². The Morgan fingerprint density at radius 2 is 1.78 bits per heavy atom. The first-order valence-corrected chi connectivity index (χ1v) is 7.82. The van der Waals surface area contributed by atoms with Gasteiger partial charge in [-0.3, -0.25) is 4.79 Å². The summed E-state index contributed by atoms with van der Waals surface area (Å²) >= 11 is 3.34. The van der Waals surface area contributed by atoms with E-state index >= 15 is 0 Å². The molecule has 0 amide bonds. The van der Waals surface area contributed by atoms with Crippen molar-refractivity contribution in [2.75, 3.05) is 0 Å². The molecule has 5 heteroatoms. The van der Waals surface area contributed by atoms with E-state index in [0.29, 0.717) is 16.9 Å². The molecule has 0 aliphatic rings. The van der Waals surface area contributed by atoms with E-state index in [9.17, 15) is 9.59 Å². The van der Waals surface area contributed by atoms with Gasteiger partial charge in [0.25, 0.3) is 0 Å². The van der Waals surface area contributed by atoms with Crippen LogP contribution >= 0.6 is 15.9 Å². The molecule has 0 aliphatic heterocycles. The molecule has 0 fully saturated rings. The Balaban J connectivity index is 1.81. The second-order valence-corrected chi connectivity index (χ2v) is 6.00. The highest BCUT2D eigenvalue weighted by Gasteiger charge is 2.17. The second-order valence-electron chi connectivity index (χ2n) is 5.09. The number of fused-ring (bicyclic) bond motifs is 1. The highest BCUT2D eigenvalue weighted by Crippen LogP contribution is 2.21. The van der Waals surface area contributed by atoms with Crippen LogP contribution < -0.4 is 10.4 Å². The van der Waals surface area contributed by atoms with Gasteiger partial charge in [-0.1, -0.05) is 28.1 Å². The van der Waals surface area contributed by atoms with Crippen molar-refractivity contribution in [3.63, 3.8) is 0 Å². The number of carbonyl (C=O) groups is 1. The first-order chi connectivity index (χ1) is 11.0. The molecule has 3 rings (SSSR count). The quantitative estimate of drug-likeness (QED) is 0.508. The lowest BCUT2D eigenvalue weighted by molar-refractivity contribution is 0.0818. The first-order valence-electron chi connectivity index (χ1n) is 7.03. The van der Waals surface area contributed by atoms with Crippen LogP contribution in [0.4, 0.5) is 0 Å². The Hall–Kier alpha value is -2.40. The van der Waals surface area contributed by atoms with Crippen molar-refractivity contribution in [3.8, 4) is 5.75 Å². The van der Waals surface area contributed by atoms with Crippen LogP contribution in [0.2, 0.25) is 0 Å². The lowest BCUT2D eigenvalue weighted by Gasteiger charge is -2.14. The molecular weight excluding hydrogens is 360 g/mol. The van der Waals surface area contributed by atoms with E-state index in [-0.39, 0.29) is 5.78 Å². The third-order valence-electron chi connectivity index (χ3n) is 3.41. The molecule has 1 aromatic heterocycles. The molecule has 0 aliphatic carbocycles. The summed E-state index contributed by atoms with van der Waals surface area (Å²) in [5.41, 5.74) is 0.583. The van der Waals surface area contributed by atoms with Gasteiger partial charge in [-0.05, 0) is 37.3 Å². The van der Waals surface area contributed by atoms with Crippen molar-refractivity contribution in [3.05, 3.63) is 75.1 Å². The smallest absolute Gasteiger partial charge is 0.336 e. The normalized spacial score (nSPS) is 12.1. The van der Waals surface area contributed by atoms with Crippen LogP contribution in [0.5, 0.6) is 5.75 Å². The Bertz CT molecular complexity index is 912. The summed E-state index contributed by atoms with van der Waals surface area (Å²) in [7, 11) is 0. The van der Waals surface area contributed by atoms with Crippen molar-refractivity contribution in [1.82, 2.24) is 0 Å². The summed E-state index contributed by atoms with van der Waals surface area (Å²) in [5.74, 6) is 0.358. The molecule has 116 valence electrons. The largest absolute Gasteiger partial charge is 0.482 e. The summed E-state index contributed by atoms with van der Waals surface area (Å²) in [6.45, 7) is 1.69. The molecule has 1 heterocycles. The molecule has 0 saturated heterocycles. The lowest BCUT2D eigenvalue weighted by Crippen LogP contribution is -2.23. The van der Waals surface area contributed by atoms with E-state index in [4.69, 9.17) is 9.15 Å². The minimum Gasteiger partial charge on any atom is -0.482 e. The van der Waals surface area contributed by atoms with Gasteiger partial charge in [-0.15, -0.1) is 0 Å². The maximum atomic E-state index is 12.4.